The van der Waals surface area contributed by atoms with Crippen LogP contribution in [0.1, 0.15) is 56.5 Å². The Morgan fingerprint density at radius 1 is 1.14 bits per heavy atom. The van der Waals surface area contributed by atoms with Crippen LogP contribution in [0.2, 0.25) is 0 Å². The van der Waals surface area contributed by atoms with Crippen molar-refractivity contribution < 1.29 is 9.59 Å². The molecule has 22 heavy (non-hydrogen) atoms. The van der Waals surface area contributed by atoms with Gasteiger partial charge in [0.05, 0.1) is 0 Å². The second-order valence-electron chi connectivity index (χ2n) is 6.98. The van der Waals surface area contributed by atoms with Crippen molar-refractivity contribution in [2.75, 3.05) is 6.54 Å². The molecule has 1 aromatic carbocycles. The lowest BCUT2D eigenvalue weighted by Crippen LogP contribution is -2.45. The number of nitrogens with one attached hydrogen (secondary N) is 1. The summed E-state index contributed by atoms with van der Waals surface area (Å²) in [6, 6.07) is 7.68. The predicted molar refractivity (Wildman–Crippen MR) is 89.8 cm³/mol. The van der Waals surface area contributed by atoms with Crippen LogP contribution in [0.5, 0.6) is 0 Å². The minimum atomic E-state index is -0.439. The van der Waals surface area contributed by atoms with Gasteiger partial charge in [0.2, 0.25) is 5.91 Å². The van der Waals surface area contributed by atoms with Gasteiger partial charge in [-0.05, 0) is 31.7 Å². The van der Waals surface area contributed by atoms with Crippen molar-refractivity contribution in [2.45, 2.75) is 52.5 Å². The third-order valence-electron chi connectivity index (χ3n) is 3.24. The fraction of sp³-hybridized carbons (Fsp3) is 0.556. The van der Waals surface area contributed by atoms with Crippen molar-refractivity contribution in [2.24, 2.45) is 11.7 Å². The Hall–Kier alpha value is -1.68. The monoisotopic (exact) mass is 304 g/mol. The summed E-state index contributed by atoms with van der Waals surface area (Å²) in [5.74, 6) is 0.457. The van der Waals surface area contributed by atoms with E-state index in [1.807, 2.05) is 38.1 Å². The molecule has 0 aliphatic carbocycles. The molecule has 0 atom stereocenters. The Morgan fingerprint density at radius 3 is 2.23 bits per heavy atom. The molecule has 0 spiro atoms. The van der Waals surface area contributed by atoms with Gasteiger partial charge in [-0.1, -0.05) is 38.1 Å². The average molecular weight is 304 g/mol. The van der Waals surface area contributed by atoms with Crippen LogP contribution in [-0.4, -0.2) is 23.8 Å². The second-order valence-corrected chi connectivity index (χ2v) is 6.98. The molecule has 4 nitrogen and oxygen atoms in total. The van der Waals surface area contributed by atoms with Crippen molar-refractivity contribution in [1.82, 2.24) is 5.32 Å². The van der Waals surface area contributed by atoms with E-state index in [4.69, 9.17) is 5.73 Å². The number of carbonyl (C=O) groups is 2. The topological polar surface area (TPSA) is 72.2 Å². The molecule has 1 amide bonds. The van der Waals surface area contributed by atoms with Crippen molar-refractivity contribution in [1.29, 1.82) is 0 Å². The van der Waals surface area contributed by atoms with Crippen LogP contribution in [0.25, 0.3) is 0 Å². The summed E-state index contributed by atoms with van der Waals surface area (Å²) in [5, 5.41) is 2.74. The molecule has 0 aromatic heterocycles. The van der Waals surface area contributed by atoms with Gasteiger partial charge >= 0.3 is 0 Å². The van der Waals surface area contributed by atoms with Crippen molar-refractivity contribution >= 4 is 11.7 Å². The maximum Gasteiger partial charge on any atom is 0.220 e. The molecule has 3 N–H and O–H groups in total. The maximum absolute atomic E-state index is 12.1. The van der Waals surface area contributed by atoms with Gasteiger partial charge in [-0.15, -0.1) is 0 Å². The van der Waals surface area contributed by atoms with Gasteiger partial charge in [0, 0.05) is 30.5 Å². The fourth-order valence-electron chi connectivity index (χ4n) is 2.08. The first-order valence-electron chi connectivity index (χ1n) is 7.85. The van der Waals surface area contributed by atoms with Crippen LogP contribution in [-0.2, 0) is 11.2 Å². The Balaban J connectivity index is 2.43. The van der Waals surface area contributed by atoms with Crippen molar-refractivity contribution in [3.05, 3.63) is 35.4 Å². The number of rotatable bonds is 8. The number of hydrogen-bond donors (Lipinski definition) is 2. The van der Waals surface area contributed by atoms with Crippen LogP contribution in [0.4, 0.5) is 0 Å². The highest BCUT2D eigenvalue weighted by Gasteiger charge is 2.14. The Labute approximate surface area is 133 Å². The summed E-state index contributed by atoms with van der Waals surface area (Å²) in [6.07, 6.45) is 1.43. The van der Waals surface area contributed by atoms with Crippen molar-refractivity contribution in [3.63, 3.8) is 0 Å². The van der Waals surface area contributed by atoms with E-state index in [9.17, 15) is 9.59 Å². The van der Waals surface area contributed by atoms with E-state index < -0.39 is 5.54 Å². The molecule has 1 aromatic rings. The molecule has 0 aliphatic rings. The smallest absolute Gasteiger partial charge is 0.220 e. The SMILES string of the molecule is CC(C)Cc1ccc(C(=O)CCC(=O)NCC(C)(C)N)cc1. The molecule has 1 rings (SSSR count). The molecule has 122 valence electrons. The van der Waals surface area contributed by atoms with E-state index in [0.717, 1.165) is 6.42 Å². The first-order valence-corrected chi connectivity index (χ1v) is 7.85. The summed E-state index contributed by atoms with van der Waals surface area (Å²) in [6.45, 7) is 8.43. The molecule has 0 bridgehead atoms. The van der Waals surface area contributed by atoms with Gasteiger partial charge in [-0.25, -0.2) is 0 Å². The lowest BCUT2D eigenvalue weighted by atomic mass is 9.99. The molecule has 4 heteroatoms. The normalized spacial score (nSPS) is 11.5. The molecule has 0 heterocycles. The largest absolute Gasteiger partial charge is 0.354 e. The van der Waals surface area contributed by atoms with Crippen LogP contribution in [0, 0.1) is 5.92 Å². The third kappa shape index (κ3) is 7.36. The van der Waals surface area contributed by atoms with Crippen molar-refractivity contribution in [3.8, 4) is 0 Å². The highest BCUT2D eigenvalue weighted by molar-refractivity contribution is 5.97. The van der Waals surface area contributed by atoms with E-state index in [-0.39, 0.29) is 24.5 Å². The predicted octanol–water partition coefficient (Wildman–Crippen LogP) is 2.70. The number of hydrogen-bond acceptors (Lipinski definition) is 3. The van der Waals surface area contributed by atoms with Crippen LogP contribution in [0.3, 0.4) is 0 Å². The molecule has 0 aliphatic heterocycles. The summed E-state index contributed by atoms with van der Waals surface area (Å²) in [7, 11) is 0. The summed E-state index contributed by atoms with van der Waals surface area (Å²) in [5.41, 5.74) is 7.26. The fourth-order valence-corrected chi connectivity index (χ4v) is 2.08. The van der Waals surface area contributed by atoms with Crippen LogP contribution >= 0.6 is 0 Å². The first kappa shape index (κ1) is 18.4. The Bertz CT molecular complexity index is 499. The molecule has 0 saturated carbocycles. The molecule has 0 saturated heterocycles. The Morgan fingerprint density at radius 2 is 1.73 bits per heavy atom. The number of carbonyl (C=O) groups excluding carboxylic acids is 2. The molecular formula is C18H28N2O2. The number of Topliss-reactive ketones (excluding diaryl/α,β-unsaturated/α-hetero) is 1. The van der Waals surface area contributed by atoms with Gasteiger partial charge < -0.3 is 11.1 Å². The number of amides is 1. The summed E-state index contributed by atoms with van der Waals surface area (Å²) >= 11 is 0. The maximum atomic E-state index is 12.1. The zero-order valence-electron chi connectivity index (χ0n) is 14.1. The van der Waals surface area contributed by atoms with Gasteiger partial charge in [-0.2, -0.15) is 0 Å². The van der Waals surface area contributed by atoms with Crippen LogP contribution < -0.4 is 11.1 Å². The number of benzene rings is 1. The zero-order chi connectivity index (χ0) is 16.8. The average Bonchev–Trinajstić information content (AvgIpc) is 2.42. The first-order chi connectivity index (χ1) is 10.2. The molecule has 0 radical (unpaired) electrons. The lowest BCUT2D eigenvalue weighted by molar-refractivity contribution is -0.121. The van der Waals surface area contributed by atoms with Gasteiger partial charge in [0.25, 0.3) is 0 Å². The van der Waals surface area contributed by atoms with E-state index >= 15 is 0 Å². The third-order valence-corrected chi connectivity index (χ3v) is 3.24. The highest BCUT2D eigenvalue weighted by atomic mass is 16.2. The minimum Gasteiger partial charge on any atom is -0.354 e. The van der Waals surface area contributed by atoms with Gasteiger partial charge in [0.15, 0.2) is 5.78 Å². The molecule has 0 fully saturated rings. The quantitative estimate of drug-likeness (QED) is 0.725. The van der Waals surface area contributed by atoms with E-state index in [2.05, 4.69) is 19.2 Å². The minimum absolute atomic E-state index is 0.00162. The number of ketones is 1. The summed E-state index contributed by atoms with van der Waals surface area (Å²) in [4.78, 5) is 23.8. The van der Waals surface area contributed by atoms with Crippen LogP contribution in [0.15, 0.2) is 24.3 Å². The molecular weight excluding hydrogens is 276 g/mol. The second kappa shape index (κ2) is 8.08. The lowest BCUT2D eigenvalue weighted by Gasteiger charge is -2.18. The summed E-state index contributed by atoms with van der Waals surface area (Å²) < 4.78 is 0. The van der Waals surface area contributed by atoms with E-state index in [1.54, 1.807) is 0 Å². The van der Waals surface area contributed by atoms with Gasteiger partial charge in [0.1, 0.15) is 0 Å². The van der Waals surface area contributed by atoms with E-state index in [1.165, 1.54) is 5.56 Å². The molecule has 0 unspecified atom stereocenters. The zero-order valence-corrected chi connectivity index (χ0v) is 14.1. The highest BCUT2D eigenvalue weighted by Crippen LogP contribution is 2.12. The van der Waals surface area contributed by atoms with Gasteiger partial charge in [-0.3, -0.25) is 9.59 Å². The Kier molecular flexibility index (Phi) is 6.75. The standard InChI is InChI=1S/C18H28N2O2/c1-13(2)11-14-5-7-15(8-6-14)16(21)9-10-17(22)20-12-18(3,4)19/h5-8,13H,9-12,19H2,1-4H3,(H,20,22). The van der Waals surface area contributed by atoms with E-state index in [0.29, 0.717) is 18.0 Å². The number of nitrogens with two attached hydrogens (primary N) is 1.